The monoisotopic (exact) mass is 373 g/mol. The zero-order valence-electron chi connectivity index (χ0n) is 12.9. The Labute approximate surface area is 152 Å². The van der Waals surface area contributed by atoms with Crippen LogP contribution in [0.4, 0.5) is 4.39 Å². The number of hydrogen-bond acceptors (Lipinski definition) is 5. The van der Waals surface area contributed by atoms with Gasteiger partial charge in [-0.15, -0.1) is 11.8 Å². The molecule has 3 aromatic rings. The third-order valence-corrected chi connectivity index (χ3v) is 5.13. The van der Waals surface area contributed by atoms with Crippen molar-refractivity contribution in [2.75, 3.05) is 0 Å². The summed E-state index contributed by atoms with van der Waals surface area (Å²) in [5, 5.41) is 27.0. The Balaban J connectivity index is 2.07. The standard InChI is InChI=1S/C18H13ClFN3OS/c19-16-3-1-2-10(7-21)15(16)9-25-18-13-6-11(20)4-5-12(13)14(8-22)17(24)23-18/h1-8,21-22H,9H2,(H,23,24). The third-order valence-electron chi connectivity index (χ3n) is 3.76. The summed E-state index contributed by atoms with van der Waals surface area (Å²) in [4.78, 5) is 4.11. The number of nitrogens with one attached hydrogen (secondary N) is 2. The van der Waals surface area contributed by atoms with E-state index in [-0.39, 0.29) is 11.4 Å². The van der Waals surface area contributed by atoms with Gasteiger partial charge in [0.1, 0.15) is 10.8 Å². The van der Waals surface area contributed by atoms with E-state index in [2.05, 4.69) is 4.98 Å². The van der Waals surface area contributed by atoms with Crippen LogP contribution in [0, 0.1) is 16.6 Å². The van der Waals surface area contributed by atoms with E-state index in [1.165, 1.54) is 36.2 Å². The fraction of sp³-hybridized carbons (Fsp3) is 0.0556. The van der Waals surface area contributed by atoms with Crippen LogP contribution in [0.1, 0.15) is 16.7 Å². The van der Waals surface area contributed by atoms with Crippen molar-refractivity contribution in [3.05, 3.63) is 63.9 Å². The van der Waals surface area contributed by atoms with Crippen LogP contribution in [0.2, 0.25) is 5.02 Å². The normalized spacial score (nSPS) is 10.8. The molecule has 0 saturated heterocycles. The fourth-order valence-electron chi connectivity index (χ4n) is 2.52. The number of benzene rings is 2. The predicted molar refractivity (Wildman–Crippen MR) is 100 cm³/mol. The minimum Gasteiger partial charge on any atom is -0.493 e. The molecule has 3 rings (SSSR count). The summed E-state index contributed by atoms with van der Waals surface area (Å²) in [5.74, 6) is -0.287. The first kappa shape index (κ1) is 17.4. The molecule has 0 radical (unpaired) electrons. The molecule has 7 heteroatoms. The van der Waals surface area contributed by atoms with Crippen molar-refractivity contribution >= 4 is 46.6 Å². The summed E-state index contributed by atoms with van der Waals surface area (Å²) in [6.45, 7) is 0. The molecule has 0 aliphatic rings. The van der Waals surface area contributed by atoms with Crippen LogP contribution in [0.3, 0.4) is 0 Å². The van der Waals surface area contributed by atoms with Crippen molar-refractivity contribution in [3.8, 4) is 5.88 Å². The van der Waals surface area contributed by atoms with Crippen molar-refractivity contribution in [2.45, 2.75) is 10.8 Å². The van der Waals surface area contributed by atoms with Gasteiger partial charge >= 0.3 is 0 Å². The van der Waals surface area contributed by atoms with Gasteiger partial charge in [0, 0.05) is 28.6 Å². The molecule has 1 heterocycles. The molecule has 0 amide bonds. The van der Waals surface area contributed by atoms with Gasteiger partial charge in [-0.3, -0.25) is 0 Å². The summed E-state index contributed by atoms with van der Waals surface area (Å²) in [6, 6.07) is 9.44. The predicted octanol–water partition coefficient (Wildman–Crippen LogP) is 5.02. The number of rotatable bonds is 5. The Morgan fingerprint density at radius 2 is 1.96 bits per heavy atom. The molecule has 4 nitrogen and oxygen atoms in total. The maximum absolute atomic E-state index is 13.7. The average molecular weight is 374 g/mol. The zero-order chi connectivity index (χ0) is 18.0. The largest absolute Gasteiger partial charge is 0.493 e. The summed E-state index contributed by atoms with van der Waals surface area (Å²) < 4.78 is 13.7. The van der Waals surface area contributed by atoms with Gasteiger partial charge in [0.25, 0.3) is 0 Å². The van der Waals surface area contributed by atoms with E-state index in [9.17, 15) is 9.50 Å². The van der Waals surface area contributed by atoms with Crippen molar-refractivity contribution < 1.29 is 9.50 Å². The molecule has 0 unspecified atom stereocenters. The Morgan fingerprint density at radius 3 is 2.68 bits per heavy atom. The maximum atomic E-state index is 13.7. The minimum absolute atomic E-state index is 0.247. The van der Waals surface area contributed by atoms with Crippen LogP contribution in [-0.4, -0.2) is 22.5 Å². The van der Waals surface area contributed by atoms with Gasteiger partial charge in [0.2, 0.25) is 5.88 Å². The van der Waals surface area contributed by atoms with E-state index in [0.717, 1.165) is 11.8 Å². The van der Waals surface area contributed by atoms with Gasteiger partial charge < -0.3 is 15.9 Å². The van der Waals surface area contributed by atoms with E-state index >= 15 is 0 Å². The lowest BCUT2D eigenvalue weighted by atomic mass is 10.1. The van der Waals surface area contributed by atoms with Gasteiger partial charge in [-0.05, 0) is 34.7 Å². The molecule has 3 N–H and O–H groups in total. The second-order valence-electron chi connectivity index (χ2n) is 5.23. The van der Waals surface area contributed by atoms with Crippen molar-refractivity contribution in [1.29, 1.82) is 10.8 Å². The maximum Gasteiger partial charge on any atom is 0.221 e. The number of aromatic hydroxyl groups is 1. The summed E-state index contributed by atoms with van der Waals surface area (Å²) in [6.07, 6.45) is 2.22. The molecule has 0 spiro atoms. The number of hydrogen-bond donors (Lipinski definition) is 3. The summed E-state index contributed by atoms with van der Waals surface area (Å²) >= 11 is 7.51. The molecular formula is C18H13ClFN3OS. The van der Waals surface area contributed by atoms with Crippen molar-refractivity contribution in [3.63, 3.8) is 0 Å². The molecule has 0 atom stereocenters. The first-order valence-corrected chi connectivity index (χ1v) is 8.65. The number of nitrogens with zero attached hydrogens (tertiary/aromatic N) is 1. The molecule has 0 bridgehead atoms. The van der Waals surface area contributed by atoms with Crippen LogP contribution in [0.15, 0.2) is 41.4 Å². The van der Waals surface area contributed by atoms with E-state index in [1.807, 2.05) is 0 Å². The number of halogens is 2. The third kappa shape index (κ3) is 3.36. The van der Waals surface area contributed by atoms with Crippen molar-refractivity contribution in [2.24, 2.45) is 0 Å². The lowest BCUT2D eigenvalue weighted by Gasteiger charge is -2.11. The summed E-state index contributed by atoms with van der Waals surface area (Å²) in [5.41, 5.74) is 1.71. The lowest BCUT2D eigenvalue weighted by molar-refractivity contribution is 0.449. The number of fused-ring (bicyclic) bond motifs is 1. The van der Waals surface area contributed by atoms with E-state index < -0.39 is 5.82 Å². The average Bonchev–Trinajstić information content (AvgIpc) is 2.60. The topological polar surface area (TPSA) is 80.8 Å². The van der Waals surface area contributed by atoms with E-state index in [0.29, 0.717) is 32.1 Å². The fourth-order valence-corrected chi connectivity index (χ4v) is 3.93. The second kappa shape index (κ2) is 7.21. The van der Waals surface area contributed by atoms with Crippen LogP contribution in [-0.2, 0) is 5.75 Å². The highest BCUT2D eigenvalue weighted by atomic mass is 35.5. The molecule has 0 fully saturated rings. The van der Waals surface area contributed by atoms with Gasteiger partial charge in [-0.25, -0.2) is 9.37 Å². The molecule has 2 aromatic carbocycles. The van der Waals surface area contributed by atoms with Gasteiger partial charge in [0.15, 0.2) is 0 Å². The van der Waals surface area contributed by atoms with Crippen LogP contribution in [0.25, 0.3) is 10.8 Å². The highest BCUT2D eigenvalue weighted by Crippen LogP contribution is 2.35. The first-order chi connectivity index (χ1) is 12.0. The lowest BCUT2D eigenvalue weighted by Crippen LogP contribution is -1.95. The second-order valence-corrected chi connectivity index (χ2v) is 6.60. The van der Waals surface area contributed by atoms with Gasteiger partial charge in [-0.2, -0.15) is 0 Å². The van der Waals surface area contributed by atoms with Crippen LogP contribution in [0.5, 0.6) is 5.88 Å². The number of aromatic nitrogens is 1. The van der Waals surface area contributed by atoms with Crippen LogP contribution < -0.4 is 0 Å². The summed E-state index contributed by atoms with van der Waals surface area (Å²) in [7, 11) is 0. The zero-order valence-corrected chi connectivity index (χ0v) is 14.5. The molecule has 126 valence electrons. The van der Waals surface area contributed by atoms with Gasteiger partial charge in [-0.1, -0.05) is 29.8 Å². The van der Waals surface area contributed by atoms with Crippen LogP contribution >= 0.6 is 23.4 Å². The van der Waals surface area contributed by atoms with Gasteiger partial charge in [0.05, 0.1) is 5.56 Å². The quantitative estimate of drug-likeness (QED) is 0.434. The first-order valence-electron chi connectivity index (χ1n) is 7.28. The van der Waals surface area contributed by atoms with E-state index in [1.54, 1.807) is 18.2 Å². The Bertz CT molecular complexity index is 994. The minimum atomic E-state index is -0.421. The molecule has 25 heavy (non-hydrogen) atoms. The Morgan fingerprint density at radius 1 is 1.16 bits per heavy atom. The molecular weight excluding hydrogens is 361 g/mol. The molecule has 0 aliphatic heterocycles. The highest BCUT2D eigenvalue weighted by molar-refractivity contribution is 7.98. The number of thioether (sulfide) groups is 1. The highest BCUT2D eigenvalue weighted by Gasteiger charge is 2.15. The molecule has 0 aliphatic carbocycles. The smallest absolute Gasteiger partial charge is 0.221 e. The molecule has 0 saturated carbocycles. The van der Waals surface area contributed by atoms with Crippen molar-refractivity contribution in [1.82, 2.24) is 4.98 Å². The Kier molecular flexibility index (Phi) is 5.01. The Hall–Kier alpha value is -2.44. The number of pyridine rings is 1. The molecule has 1 aromatic heterocycles. The van der Waals surface area contributed by atoms with E-state index in [4.69, 9.17) is 22.4 Å². The SMILES string of the molecule is N=Cc1cccc(Cl)c1CSc1nc(O)c(C=N)c2ccc(F)cc12.